The van der Waals surface area contributed by atoms with E-state index < -0.39 is 0 Å². The molecule has 0 N–H and O–H groups in total. The zero-order valence-electron chi connectivity index (χ0n) is 16.9. The number of carbonyl (C=O) groups excluding carboxylic acids is 2. The largest absolute Gasteiger partial charge is 0.490 e. The minimum Gasteiger partial charge on any atom is -0.490 e. The molecule has 1 aromatic rings. The van der Waals surface area contributed by atoms with Crippen molar-refractivity contribution in [1.82, 2.24) is 14.7 Å². The van der Waals surface area contributed by atoms with Crippen molar-refractivity contribution in [2.24, 2.45) is 0 Å². The van der Waals surface area contributed by atoms with Gasteiger partial charge in [-0.15, -0.1) is 0 Å². The van der Waals surface area contributed by atoms with E-state index in [-0.39, 0.29) is 17.4 Å². The first kappa shape index (κ1) is 19.2. The number of amides is 2. The lowest BCUT2D eigenvalue weighted by atomic mass is 9.86. The van der Waals surface area contributed by atoms with Gasteiger partial charge in [-0.05, 0) is 32.0 Å². The van der Waals surface area contributed by atoms with Gasteiger partial charge >= 0.3 is 0 Å². The number of likely N-dealkylation sites (tertiary alicyclic amines) is 1. The number of nitrogens with zero attached hydrogens (tertiary/aromatic N) is 4. The van der Waals surface area contributed by atoms with Crippen LogP contribution < -0.4 is 9.64 Å². The van der Waals surface area contributed by atoms with Crippen molar-refractivity contribution in [3.63, 3.8) is 0 Å². The fourth-order valence-electron chi connectivity index (χ4n) is 4.68. The lowest BCUT2D eigenvalue weighted by Gasteiger charge is -2.49. The van der Waals surface area contributed by atoms with Crippen LogP contribution in [0.25, 0.3) is 0 Å². The fourth-order valence-corrected chi connectivity index (χ4v) is 4.68. The molecule has 0 radical (unpaired) electrons. The highest BCUT2D eigenvalue weighted by molar-refractivity contribution is 5.96. The molecule has 0 aliphatic carbocycles. The van der Waals surface area contributed by atoms with Crippen LogP contribution in [0.5, 0.6) is 5.75 Å². The van der Waals surface area contributed by atoms with E-state index in [0.717, 1.165) is 50.5 Å². The monoisotopic (exact) mass is 386 g/mol. The summed E-state index contributed by atoms with van der Waals surface area (Å²) in [4.78, 5) is 33.6. The number of likely N-dealkylation sites (N-methyl/N-ethyl adjacent to an activating group) is 1. The molecule has 2 saturated heterocycles. The second-order valence-corrected chi connectivity index (χ2v) is 8.28. The molecule has 1 unspecified atom stereocenters. The normalized spacial score (nSPS) is 26.7. The zero-order valence-corrected chi connectivity index (χ0v) is 16.9. The third-order valence-electron chi connectivity index (χ3n) is 6.61. The van der Waals surface area contributed by atoms with Crippen LogP contribution in [0.1, 0.15) is 19.3 Å². The van der Waals surface area contributed by atoms with Crippen LogP contribution in [0.15, 0.2) is 24.3 Å². The molecule has 28 heavy (non-hydrogen) atoms. The number of carbonyl (C=O) groups is 2. The molecule has 0 saturated carbocycles. The highest BCUT2D eigenvalue weighted by Crippen LogP contribution is 2.33. The summed E-state index contributed by atoms with van der Waals surface area (Å²) in [6.45, 7) is 4.94. The minimum absolute atomic E-state index is 0.0259. The van der Waals surface area contributed by atoms with Gasteiger partial charge in [-0.2, -0.15) is 0 Å². The molecule has 3 heterocycles. The maximum Gasteiger partial charge on any atom is 0.241 e. The minimum atomic E-state index is -0.0259. The molecule has 3 aliphatic heterocycles. The fraction of sp³-hybridized carbons (Fsp3) is 0.619. The van der Waals surface area contributed by atoms with E-state index in [1.54, 1.807) is 0 Å². The number of fused-ring (bicyclic) bond motifs is 1. The second-order valence-electron chi connectivity index (χ2n) is 8.28. The topological polar surface area (TPSA) is 56.3 Å². The van der Waals surface area contributed by atoms with E-state index >= 15 is 0 Å². The smallest absolute Gasteiger partial charge is 0.241 e. The Morgan fingerprint density at radius 1 is 1.11 bits per heavy atom. The average molecular weight is 386 g/mol. The molecule has 3 aliphatic rings. The number of benzene rings is 1. The highest BCUT2D eigenvalue weighted by atomic mass is 16.5. The van der Waals surface area contributed by atoms with Crippen molar-refractivity contribution in [1.29, 1.82) is 0 Å². The van der Waals surface area contributed by atoms with Crippen molar-refractivity contribution in [2.45, 2.75) is 24.8 Å². The molecule has 2 fully saturated rings. The van der Waals surface area contributed by atoms with Gasteiger partial charge in [-0.1, -0.05) is 12.1 Å². The quantitative estimate of drug-likeness (QED) is 0.760. The van der Waals surface area contributed by atoms with E-state index in [4.69, 9.17) is 4.74 Å². The second kappa shape index (κ2) is 7.72. The maximum absolute atomic E-state index is 13.1. The summed E-state index contributed by atoms with van der Waals surface area (Å²) in [7, 11) is 4.05. The Labute approximate surface area is 166 Å². The molecule has 2 amide bonds. The first-order valence-corrected chi connectivity index (χ1v) is 10.2. The van der Waals surface area contributed by atoms with Crippen LogP contribution >= 0.6 is 0 Å². The Hall–Kier alpha value is -2.12. The van der Waals surface area contributed by atoms with Gasteiger partial charge in [0.2, 0.25) is 11.8 Å². The standard InChI is InChI=1S/C21H30N4O3/c1-22-10-9-21(8-7-19(22)26)16-24(12-11-23(21)2)15-20(27)25-13-14-28-18-6-4-3-5-17(18)25/h3-6H,7-16H2,1-2H3. The predicted octanol–water partition coefficient (Wildman–Crippen LogP) is 1.04. The van der Waals surface area contributed by atoms with E-state index in [2.05, 4.69) is 16.8 Å². The van der Waals surface area contributed by atoms with Crippen LogP contribution in [-0.2, 0) is 9.59 Å². The molecule has 7 nitrogen and oxygen atoms in total. The van der Waals surface area contributed by atoms with Crippen LogP contribution in [-0.4, -0.2) is 92.0 Å². The number of para-hydroxylation sites is 2. The summed E-state index contributed by atoms with van der Waals surface area (Å²) in [6, 6.07) is 7.74. The van der Waals surface area contributed by atoms with E-state index in [9.17, 15) is 9.59 Å². The van der Waals surface area contributed by atoms with Gasteiger partial charge < -0.3 is 14.5 Å². The van der Waals surface area contributed by atoms with Gasteiger partial charge in [-0.25, -0.2) is 0 Å². The number of piperazine rings is 1. The SMILES string of the molecule is CN1CCC2(CCC1=O)CN(CC(=O)N1CCOc3ccccc31)CCN2C. The number of anilines is 1. The van der Waals surface area contributed by atoms with Gasteiger partial charge in [-0.3, -0.25) is 19.4 Å². The predicted molar refractivity (Wildman–Crippen MR) is 108 cm³/mol. The molecular weight excluding hydrogens is 356 g/mol. The van der Waals surface area contributed by atoms with Crippen LogP contribution in [0, 0.1) is 0 Å². The first-order valence-electron chi connectivity index (χ1n) is 10.2. The molecule has 1 spiro atoms. The first-order chi connectivity index (χ1) is 13.5. The van der Waals surface area contributed by atoms with Crippen molar-refractivity contribution in [3.8, 4) is 5.75 Å². The maximum atomic E-state index is 13.1. The van der Waals surface area contributed by atoms with Crippen molar-refractivity contribution >= 4 is 17.5 Å². The lowest BCUT2D eigenvalue weighted by molar-refractivity contribution is -0.129. The molecule has 152 valence electrons. The zero-order chi connectivity index (χ0) is 19.7. The summed E-state index contributed by atoms with van der Waals surface area (Å²) in [5.41, 5.74) is 0.839. The summed E-state index contributed by atoms with van der Waals surface area (Å²) in [5.74, 6) is 1.13. The summed E-state index contributed by atoms with van der Waals surface area (Å²) < 4.78 is 5.68. The molecule has 1 atom stereocenters. The van der Waals surface area contributed by atoms with E-state index in [0.29, 0.717) is 26.1 Å². The third-order valence-corrected chi connectivity index (χ3v) is 6.61. The van der Waals surface area contributed by atoms with Crippen molar-refractivity contribution in [2.75, 3.05) is 64.9 Å². The number of hydrogen-bond donors (Lipinski definition) is 0. The molecule has 0 aromatic heterocycles. The summed E-state index contributed by atoms with van der Waals surface area (Å²) in [5, 5.41) is 0. The number of hydrogen-bond acceptors (Lipinski definition) is 5. The third kappa shape index (κ3) is 3.61. The summed E-state index contributed by atoms with van der Waals surface area (Å²) in [6.07, 6.45) is 2.40. The Bertz CT molecular complexity index is 755. The lowest BCUT2D eigenvalue weighted by Crippen LogP contribution is -2.62. The Balaban J connectivity index is 1.46. The molecule has 1 aromatic carbocycles. The number of ether oxygens (including phenoxy) is 1. The van der Waals surface area contributed by atoms with E-state index in [1.165, 1.54) is 0 Å². The summed E-state index contributed by atoms with van der Waals surface area (Å²) >= 11 is 0. The highest BCUT2D eigenvalue weighted by Gasteiger charge is 2.42. The van der Waals surface area contributed by atoms with E-state index in [1.807, 2.05) is 41.1 Å². The Morgan fingerprint density at radius 3 is 2.79 bits per heavy atom. The van der Waals surface area contributed by atoms with Crippen molar-refractivity contribution < 1.29 is 14.3 Å². The van der Waals surface area contributed by atoms with Gasteiger partial charge in [0, 0.05) is 45.2 Å². The number of rotatable bonds is 2. The molecule has 7 heteroatoms. The van der Waals surface area contributed by atoms with Crippen LogP contribution in [0.3, 0.4) is 0 Å². The van der Waals surface area contributed by atoms with Gasteiger partial charge in [0.25, 0.3) is 0 Å². The molecular formula is C21H30N4O3. The van der Waals surface area contributed by atoms with Gasteiger partial charge in [0.15, 0.2) is 0 Å². The Kier molecular flexibility index (Phi) is 5.29. The Morgan fingerprint density at radius 2 is 1.93 bits per heavy atom. The van der Waals surface area contributed by atoms with Crippen LogP contribution in [0.4, 0.5) is 5.69 Å². The average Bonchev–Trinajstić information content (AvgIpc) is 2.85. The molecule has 4 rings (SSSR count). The van der Waals surface area contributed by atoms with Gasteiger partial charge in [0.05, 0.1) is 18.8 Å². The van der Waals surface area contributed by atoms with Crippen molar-refractivity contribution in [3.05, 3.63) is 24.3 Å². The van der Waals surface area contributed by atoms with Crippen LogP contribution in [0.2, 0.25) is 0 Å². The molecule has 0 bridgehead atoms. The van der Waals surface area contributed by atoms with Gasteiger partial charge in [0.1, 0.15) is 12.4 Å².